The third-order valence-electron chi connectivity index (χ3n) is 5.37. The summed E-state index contributed by atoms with van der Waals surface area (Å²) in [6.45, 7) is 4.00. The molecule has 7 nitrogen and oxygen atoms in total. The molecule has 3 aromatic heterocycles. The lowest BCUT2D eigenvalue weighted by Crippen LogP contribution is -2.35. The predicted molar refractivity (Wildman–Crippen MR) is 115 cm³/mol. The van der Waals surface area contributed by atoms with Gasteiger partial charge in [-0.25, -0.2) is 19.9 Å². The van der Waals surface area contributed by atoms with Crippen molar-refractivity contribution >= 4 is 22.5 Å². The van der Waals surface area contributed by atoms with Crippen LogP contribution in [0.1, 0.15) is 22.4 Å². The maximum absolute atomic E-state index is 12.7. The van der Waals surface area contributed by atoms with Crippen molar-refractivity contribution in [2.75, 3.05) is 6.54 Å². The van der Waals surface area contributed by atoms with Crippen LogP contribution in [0.3, 0.4) is 0 Å². The first-order valence-corrected chi connectivity index (χ1v) is 10.1. The van der Waals surface area contributed by atoms with Crippen molar-refractivity contribution < 1.29 is 0 Å². The summed E-state index contributed by atoms with van der Waals surface area (Å²) in [5.41, 5.74) is 5.12. The monoisotopic (exact) mass is 418 g/mol. The van der Waals surface area contributed by atoms with E-state index in [1.807, 2.05) is 12.1 Å². The van der Waals surface area contributed by atoms with Crippen LogP contribution in [-0.4, -0.2) is 36.4 Å². The summed E-state index contributed by atoms with van der Waals surface area (Å²) in [5.74, 6) is 0.505. The van der Waals surface area contributed by atoms with Gasteiger partial charge in [-0.1, -0.05) is 23.2 Å². The first-order valence-electron chi connectivity index (χ1n) is 9.72. The smallest absolute Gasteiger partial charge is 0.255 e. The van der Waals surface area contributed by atoms with Gasteiger partial charge < -0.3 is 4.98 Å². The number of aryl methyl sites for hydroxylation is 1. The van der Waals surface area contributed by atoms with Gasteiger partial charge in [-0.3, -0.25) is 9.69 Å². The van der Waals surface area contributed by atoms with E-state index in [4.69, 9.17) is 11.6 Å². The van der Waals surface area contributed by atoms with Gasteiger partial charge in [-0.15, -0.1) is 0 Å². The SMILES string of the molecule is Cc1ccc2nc(Cl)c(CN3CCc4nc(-c5cncnc5)[nH]c(=O)c4C3)cc2c1. The quantitative estimate of drug-likeness (QED) is 0.513. The fourth-order valence-electron chi connectivity index (χ4n) is 3.84. The Balaban J connectivity index is 1.42. The lowest BCUT2D eigenvalue weighted by atomic mass is 10.1. The van der Waals surface area contributed by atoms with E-state index < -0.39 is 0 Å². The van der Waals surface area contributed by atoms with E-state index >= 15 is 0 Å². The van der Waals surface area contributed by atoms with Gasteiger partial charge in [-0.2, -0.15) is 0 Å². The molecule has 0 spiro atoms. The Bertz CT molecular complexity index is 1300. The molecule has 1 N–H and O–H groups in total. The van der Waals surface area contributed by atoms with Crippen LogP contribution in [0.15, 0.2) is 47.8 Å². The zero-order valence-corrected chi connectivity index (χ0v) is 17.1. The van der Waals surface area contributed by atoms with Gasteiger partial charge >= 0.3 is 0 Å². The predicted octanol–water partition coefficient (Wildman–Crippen LogP) is 3.30. The fraction of sp³-hybridized carbons (Fsp3) is 0.227. The van der Waals surface area contributed by atoms with Crippen LogP contribution in [0, 0.1) is 6.92 Å². The lowest BCUT2D eigenvalue weighted by molar-refractivity contribution is 0.242. The molecule has 4 aromatic rings. The molecule has 0 saturated heterocycles. The minimum atomic E-state index is -0.123. The molecule has 0 amide bonds. The van der Waals surface area contributed by atoms with E-state index in [0.717, 1.165) is 28.7 Å². The third-order valence-corrected chi connectivity index (χ3v) is 5.70. The van der Waals surface area contributed by atoms with Crippen molar-refractivity contribution in [1.29, 1.82) is 0 Å². The Morgan fingerprint density at radius 1 is 1.17 bits per heavy atom. The van der Waals surface area contributed by atoms with Gasteiger partial charge in [0.2, 0.25) is 0 Å². The first kappa shape index (κ1) is 18.8. The first-order chi connectivity index (χ1) is 14.6. The van der Waals surface area contributed by atoms with Gasteiger partial charge in [0.05, 0.1) is 22.3 Å². The molecular formula is C22H19ClN6O. The average Bonchev–Trinajstić information content (AvgIpc) is 2.75. The van der Waals surface area contributed by atoms with Crippen LogP contribution in [-0.2, 0) is 19.5 Å². The number of nitrogens with one attached hydrogen (secondary N) is 1. The summed E-state index contributed by atoms with van der Waals surface area (Å²) >= 11 is 6.45. The molecule has 1 aromatic carbocycles. The Hall–Kier alpha value is -3.16. The second-order valence-corrected chi connectivity index (χ2v) is 7.92. The lowest BCUT2D eigenvalue weighted by Gasteiger charge is -2.28. The Morgan fingerprint density at radius 2 is 2.00 bits per heavy atom. The zero-order chi connectivity index (χ0) is 20.7. The number of fused-ring (bicyclic) bond motifs is 2. The molecule has 1 aliphatic heterocycles. The van der Waals surface area contributed by atoms with Crippen LogP contribution in [0.25, 0.3) is 22.3 Å². The molecule has 0 atom stereocenters. The minimum Gasteiger partial charge on any atom is -0.306 e. The van der Waals surface area contributed by atoms with E-state index in [0.29, 0.717) is 41.6 Å². The molecule has 0 bridgehead atoms. The number of benzene rings is 1. The van der Waals surface area contributed by atoms with Crippen LogP contribution in [0.5, 0.6) is 0 Å². The standard InChI is InChI=1S/C22H19ClN6O/c1-13-2-3-18-14(6-13)7-15(20(23)26-18)10-29-5-4-19-17(11-29)22(30)28-21(27-19)16-8-24-12-25-9-16/h2-3,6-9,12H,4-5,10-11H2,1H3,(H,27,28,30). The van der Waals surface area contributed by atoms with Crippen LogP contribution >= 0.6 is 11.6 Å². The van der Waals surface area contributed by atoms with E-state index in [-0.39, 0.29) is 5.56 Å². The molecule has 0 radical (unpaired) electrons. The Labute approximate surface area is 177 Å². The number of H-pyrrole nitrogens is 1. The molecule has 5 rings (SSSR count). The molecule has 0 aliphatic carbocycles. The minimum absolute atomic E-state index is 0.123. The third kappa shape index (κ3) is 3.58. The van der Waals surface area contributed by atoms with Gasteiger partial charge in [0, 0.05) is 49.4 Å². The molecule has 150 valence electrons. The maximum Gasteiger partial charge on any atom is 0.255 e. The number of aromatic nitrogens is 5. The second-order valence-electron chi connectivity index (χ2n) is 7.56. The molecule has 8 heteroatoms. The van der Waals surface area contributed by atoms with Crippen molar-refractivity contribution in [3.63, 3.8) is 0 Å². The summed E-state index contributed by atoms with van der Waals surface area (Å²) < 4.78 is 0. The second kappa shape index (κ2) is 7.59. The van der Waals surface area contributed by atoms with E-state index in [1.54, 1.807) is 12.4 Å². The number of halogens is 1. The zero-order valence-electron chi connectivity index (χ0n) is 16.4. The van der Waals surface area contributed by atoms with Crippen molar-refractivity contribution in [2.24, 2.45) is 0 Å². The normalized spacial score (nSPS) is 14.1. The van der Waals surface area contributed by atoms with Crippen molar-refractivity contribution in [3.05, 3.63) is 80.9 Å². The summed E-state index contributed by atoms with van der Waals surface area (Å²) in [6.07, 6.45) is 5.43. The van der Waals surface area contributed by atoms with E-state index in [2.05, 4.69) is 48.9 Å². The van der Waals surface area contributed by atoms with E-state index in [9.17, 15) is 4.79 Å². The largest absolute Gasteiger partial charge is 0.306 e. The highest BCUT2D eigenvalue weighted by Gasteiger charge is 2.22. The number of nitrogens with zero attached hydrogens (tertiary/aromatic N) is 5. The van der Waals surface area contributed by atoms with Gasteiger partial charge in [0.1, 0.15) is 17.3 Å². The topological polar surface area (TPSA) is 87.7 Å². The molecule has 4 heterocycles. The average molecular weight is 419 g/mol. The van der Waals surface area contributed by atoms with Crippen LogP contribution in [0.2, 0.25) is 5.15 Å². The highest BCUT2D eigenvalue weighted by molar-refractivity contribution is 6.30. The van der Waals surface area contributed by atoms with Crippen LogP contribution < -0.4 is 5.56 Å². The van der Waals surface area contributed by atoms with Crippen molar-refractivity contribution in [3.8, 4) is 11.4 Å². The maximum atomic E-state index is 12.7. The van der Waals surface area contributed by atoms with Crippen molar-refractivity contribution in [2.45, 2.75) is 26.4 Å². The molecule has 30 heavy (non-hydrogen) atoms. The van der Waals surface area contributed by atoms with Crippen molar-refractivity contribution in [1.82, 2.24) is 29.8 Å². The summed E-state index contributed by atoms with van der Waals surface area (Å²) in [6, 6.07) is 8.21. The number of pyridine rings is 1. The molecule has 0 unspecified atom stereocenters. The van der Waals surface area contributed by atoms with E-state index in [1.165, 1.54) is 11.9 Å². The fourth-order valence-corrected chi connectivity index (χ4v) is 4.05. The molecule has 0 saturated carbocycles. The molecule has 0 fully saturated rings. The number of hydrogen-bond donors (Lipinski definition) is 1. The number of aromatic amines is 1. The van der Waals surface area contributed by atoms with Gasteiger partial charge in [0.25, 0.3) is 5.56 Å². The number of rotatable bonds is 3. The number of hydrogen-bond acceptors (Lipinski definition) is 6. The van der Waals surface area contributed by atoms with Gasteiger partial charge in [0.15, 0.2) is 0 Å². The highest BCUT2D eigenvalue weighted by atomic mass is 35.5. The Kier molecular flexibility index (Phi) is 4.77. The summed E-state index contributed by atoms with van der Waals surface area (Å²) in [7, 11) is 0. The summed E-state index contributed by atoms with van der Waals surface area (Å²) in [5, 5.41) is 1.57. The Morgan fingerprint density at radius 3 is 2.83 bits per heavy atom. The summed E-state index contributed by atoms with van der Waals surface area (Å²) in [4.78, 5) is 35.0. The highest BCUT2D eigenvalue weighted by Crippen LogP contribution is 2.25. The van der Waals surface area contributed by atoms with Crippen LogP contribution in [0.4, 0.5) is 0 Å². The molecular weight excluding hydrogens is 400 g/mol. The molecule has 1 aliphatic rings. The van der Waals surface area contributed by atoms with Gasteiger partial charge in [-0.05, 0) is 25.1 Å².